The summed E-state index contributed by atoms with van der Waals surface area (Å²) in [6.45, 7) is 0. The first-order valence-corrected chi connectivity index (χ1v) is 19.7. The summed E-state index contributed by atoms with van der Waals surface area (Å²) in [7, 11) is 0. The molecule has 4 N–H and O–H groups in total. The van der Waals surface area contributed by atoms with Crippen LogP contribution in [0.4, 0.5) is 23.0 Å². The van der Waals surface area contributed by atoms with Crippen LogP contribution in [0.1, 0.15) is 23.5 Å². The molecule has 9 aromatic carbocycles. The van der Waals surface area contributed by atoms with Crippen LogP contribution >= 0.6 is 0 Å². The zero-order valence-corrected chi connectivity index (χ0v) is 31.5. The summed E-state index contributed by atoms with van der Waals surface area (Å²) in [4.78, 5) is 12.5. The molecule has 0 saturated heterocycles. The molecule has 0 fully saturated rings. The highest BCUT2D eigenvalue weighted by atomic mass is 15.3. The van der Waals surface area contributed by atoms with Crippen LogP contribution in [0.5, 0.6) is 0 Å². The van der Waals surface area contributed by atoms with Crippen molar-refractivity contribution in [2.24, 2.45) is 5.73 Å². The maximum absolute atomic E-state index is 6.95. The fourth-order valence-electron chi connectivity index (χ4n) is 8.56. The van der Waals surface area contributed by atoms with Crippen molar-refractivity contribution in [1.29, 1.82) is 0 Å². The van der Waals surface area contributed by atoms with Crippen molar-refractivity contribution in [2.75, 3.05) is 15.5 Å². The summed E-state index contributed by atoms with van der Waals surface area (Å²) in [5, 5.41) is 17.0. The molecule has 276 valence electrons. The summed E-state index contributed by atoms with van der Waals surface area (Å²) in [6.07, 6.45) is -0.700. The van der Waals surface area contributed by atoms with Crippen molar-refractivity contribution < 1.29 is 0 Å². The van der Waals surface area contributed by atoms with Gasteiger partial charge in [0, 0.05) is 27.6 Å². The Morgan fingerprint density at radius 2 is 1.02 bits per heavy atom. The molecule has 1 aromatic heterocycles. The lowest BCUT2D eigenvalue weighted by molar-refractivity contribution is 0.805. The molecule has 2 heterocycles. The van der Waals surface area contributed by atoms with Crippen LogP contribution in [0.3, 0.4) is 0 Å². The molecule has 0 aliphatic carbocycles. The van der Waals surface area contributed by atoms with Crippen LogP contribution in [0.25, 0.3) is 65.6 Å². The molecule has 0 bridgehead atoms. The number of hydrogen-bond donors (Lipinski definition) is 3. The lowest BCUT2D eigenvalue weighted by atomic mass is 9.98. The Morgan fingerprint density at radius 1 is 0.500 bits per heavy atom. The quantitative estimate of drug-likeness (QED) is 0.111. The van der Waals surface area contributed by atoms with Crippen LogP contribution in [-0.2, 0) is 0 Å². The number of nitrogens with two attached hydrogens (primary N) is 1. The molecule has 0 amide bonds. The predicted octanol–water partition coefficient (Wildman–Crippen LogP) is 12.8. The zero-order valence-electron chi connectivity index (χ0n) is 31.5. The van der Waals surface area contributed by atoms with E-state index in [0.717, 1.165) is 55.8 Å². The Hall–Kier alpha value is -7.54. The molecule has 6 nitrogen and oxygen atoms in total. The summed E-state index contributed by atoms with van der Waals surface area (Å²) >= 11 is 0. The predicted molar refractivity (Wildman–Crippen MR) is 241 cm³/mol. The van der Waals surface area contributed by atoms with Crippen molar-refractivity contribution in [2.45, 2.75) is 12.3 Å². The molecule has 11 rings (SSSR count). The smallest absolute Gasteiger partial charge is 0.225 e. The fraction of sp³-hybridized carbons (Fsp3) is 0.0385. The third-order valence-corrected chi connectivity index (χ3v) is 11.4. The first-order valence-electron chi connectivity index (χ1n) is 19.7. The van der Waals surface area contributed by atoms with E-state index in [9.17, 15) is 0 Å². The maximum atomic E-state index is 6.95. The number of rotatable bonds is 7. The van der Waals surface area contributed by atoms with Crippen molar-refractivity contribution in [1.82, 2.24) is 9.97 Å². The average Bonchev–Trinajstić information content (AvgIpc) is 3.70. The Morgan fingerprint density at radius 3 is 1.64 bits per heavy atom. The van der Waals surface area contributed by atoms with Gasteiger partial charge in [0.15, 0.2) is 0 Å². The first-order chi connectivity index (χ1) is 28.6. The summed E-state index contributed by atoms with van der Waals surface area (Å²) in [6, 6.07) is 68.3. The van der Waals surface area contributed by atoms with Gasteiger partial charge >= 0.3 is 0 Å². The number of nitrogens with one attached hydrogen (secondary N) is 2. The van der Waals surface area contributed by atoms with Gasteiger partial charge in [0.25, 0.3) is 0 Å². The second-order valence-electron chi connectivity index (χ2n) is 14.9. The topological polar surface area (TPSA) is 79.1 Å². The van der Waals surface area contributed by atoms with E-state index in [-0.39, 0.29) is 6.17 Å². The Bertz CT molecular complexity index is 3060. The molecule has 6 heteroatoms. The standard InChI is InChI=1S/C52H38N6/c53-50(57-52-54-46(39-28-22-33-12-4-6-14-37(33)30-39)32-47(55-52)40-29-23-34-13-5-7-15-38(34)31-40)35-24-26-36(27-25-35)51-56-48-44-20-10-8-18-42(44)43-19-9-11-21-45(43)49(48)58(51)41-16-2-1-3-17-41/h1-32,50-51,56H,53H2,(H,54,55,57). The molecule has 2 atom stereocenters. The van der Waals surface area contributed by atoms with E-state index >= 15 is 0 Å². The van der Waals surface area contributed by atoms with Crippen molar-refractivity contribution in [3.63, 3.8) is 0 Å². The van der Waals surface area contributed by atoms with Gasteiger partial charge in [-0.05, 0) is 73.8 Å². The number of fused-ring (bicyclic) bond motifs is 8. The van der Waals surface area contributed by atoms with Gasteiger partial charge in [0.1, 0.15) is 12.3 Å². The van der Waals surface area contributed by atoms with Gasteiger partial charge in [-0.15, -0.1) is 0 Å². The van der Waals surface area contributed by atoms with Gasteiger partial charge in [0.2, 0.25) is 5.95 Å². The molecule has 0 saturated carbocycles. The lowest BCUT2D eigenvalue weighted by Gasteiger charge is -2.28. The average molecular weight is 747 g/mol. The minimum Gasteiger partial charge on any atom is -0.359 e. The van der Waals surface area contributed by atoms with Crippen molar-refractivity contribution in [3.8, 4) is 22.5 Å². The van der Waals surface area contributed by atoms with Gasteiger partial charge in [-0.3, -0.25) is 0 Å². The number of hydrogen-bond acceptors (Lipinski definition) is 6. The number of benzene rings is 9. The highest BCUT2D eigenvalue weighted by Gasteiger charge is 2.34. The number of anilines is 4. The van der Waals surface area contributed by atoms with Gasteiger partial charge < -0.3 is 21.3 Å². The minimum atomic E-state index is -0.558. The van der Waals surface area contributed by atoms with Crippen molar-refractivity contribution >= 4 is 66.1 Å². The molecule has 58 heavy (non-hydrogen) atoms. The third-order valence-electron chi connectivity index (χ3n) is 11.4. The largest absolute Gasteiger partial charge is 0.359 e. The lowest BCUT2D eigenvalue weighted by Crippen LogP contribution is -2.24. The van der Waals surface area contributed by atoms with Gasteiger partial charge in [-0.25, -0.2) is 9.97 Å². The van der Waals surface area contributed by atoms with E-state index in [0.29, 0.717) is 5.95 Å². The molecule has 1 aliphatic heterocycles. The molecule has 1 aliphatic rings. The number of nitrogens with zero attached hydrogens (tertiary/aromatic N) is 3. The van der Waals surface area contributed by atoms with Gasteiger partial charge in [-0.1, -0.05) is 164 Å². The van der Waals surface area contributed by atoms with Crippen LogP contribution < -0.4 is 21.3 Å². The highest BCUT2D eigenvalue weighted by Crippen LogP contribution is 2.53. The normalized spacial score (nSPS) is 14.2. The second kappa shape index (κ2) is 13.9. The third kappa shape index (κ3) is 5.86. The van der Waals surface area contributed by atoms with Crippen LogP contribution in [0, 0.1) is 0 Å². The maximum Gasteiger partial charge on any atom is 0.225 e. The fourth-order valence-corrected chi connectivity index (χ4v) is 8.56. The zero-order chi connectivity index (χ0) is 38.6. The second-order valence-corrected chi connectivity index (χ2v) is 14.9. The molecule has 10 aromatic rings. The number of para-hydroxylation sites is 1. The summed E-state index contributed by atoms with van der Waals surface area (Å²) < 4.78 is 0. The molecule has 0 spiro atoms. The van der Waals surface area contributed by atoms with Crippen LogP contribution in [0.15, 0.2) is 194 Å². The van der Waals surface area contributed by atoms with Gasteiger partial charge in [0.05, 0.1) is 22.8 Å². The highest BCUT2D eigenvalue weighted by molar-refractivity contribution is 6.22. The van der Waals surface area contributed by atoms with Crippen molar-refractivity contribution in [3.05, 3.63) is 205 Å². The van der Waals surface area contributed by atoms with E-state index in [4.69, 9.17) is 15.7 Å². The van der Waals surface area contributed by atoms with Crippen LogP contribution in [0.2, 0.25) is 0 Å². The van der Waals surface area contributed by atoms with E-state index in [2.05, 4.69) is 210 Å². The Labute approximate surface area is 336 Å². The van der Waals surface area contributed by atoms with Gasteiger partial charge in [-0.2, -0.15) is 0 Å². The Kier molecular flexibility index (Phi) is 8.08. The summed E-state index contributed by atoms with van der Waals surface area (Å²) in [5.74, 6) is 0.465. The first kappa shape index (κ1) is 33.8. The van der Waals surface area contributed by atoms with E-state index in [1.165, 1.54) is 38.0 Å². The Balaban J connectivity index is 0.949. The van der Waals surface area contributed by atoms with E-state index in [1.54, 1.807) is 0 Å². The minimum absolute atomic E-state index is 0.142. The SMILES string of the molecule is NC(Nc1nc(-c2ccc3ccccc3c2)cc(-c2ccc3ccccc3c2)n1)c1ccc(C2Nc3c(c4ccccc4c4ccccc34)N2c2ccccc2)cc1. The molecule has 2 unspecified atom stereocenters. The van der Waals surface area contributed by atoms with E-state index in [1.807, 2.05) is 0 Å². The summed E-state index contributed by atoms with van der Waals surface area (Å²) in [5.41, 5.74) is 16.1. The monoisotopic (exact) mass is 746 g/mol. The molecule has 0 radical (unpaired) electrons. The number of aromatic nitrogens is 2. The molecular formula is C52H38N6. The molecular weight excluding hydrogens is 709 g/mol. The van der Waals surface area contributed by atoms with E-state index < -0.39 is 6.17 Å². The van der Waals surface area contributed by atoms with Crippen LogP contribution in [-0.4, -0.2) is 9.97 Å².